The van der Waals surface area contributed by atoms with Crippen LogP contribution in [0.15, 0.2) is 36.4 Å². The van der Waals surface area contributed by atoms with Gasteiger partial charge >= 0.3 is 0 Å². The van der Waals surface area contributed by atoms with Crippen LogP contribution in [0.5, 0.6) is 0 Å². The standard InChI is InChI=1S/C15H18ClN3/c1-11-3-6-13(9-17)15(18-11)19(2)10-12-4-7-14(16)8-5-12/h3-8H,9-10,17H2,1-2H3. The van der Waals surface area contributed by atoms with Crippen molar-refractivity contribution < 1.29 is 0 Å². The molecule has 0 saturated carbocycles. The van der Waals surface area contributed by atoms with Gasteiger partial charge in [-0.05, 0) is 30.7 Å². The van der Waals surface area contributed by atoms with E-state index in [2.05, 4.69) is 9.88 Å². The zero-order chi connectivity index (χ0) is 13.8. The van der Waals surface area contributed by atoms with Crippen LogP contribution in [0.2, 0.25) is 5.02 Å². The van der Waals surface area contributed by atoms with Crippen molar-refractivity contribution in [2.75, 3.05) is 11.9 Å². The molecule has 1 aromatic carbocycles. The van der Waals surface area contributed by atoms with Gasteiger partial charge in [-0.3, -0.25) is 0 Å². The van der Waals surface area contributed by atoms with E-state index < -0.39 is 0 Å². The quantitative estimate of drug-likeness (QED) is 0.932. The average molecular weight is 276 g/mol. The third kappa shape index (κ3) is 3.46. The molecule has 2 N–H and O–H groups in total. The van der Waals surface area contributed by atoms with Crippen LogP contribution in [-0.2, 0) is 13.1 Å². The van der Waals surface area contributed by atoms with Gasteiger partial charge in [0.15, 0.2) is 0 Å². The van der Waals surface area contributed by atoms with Crippen LogP contribution in [0.3, 0.4) is 0 Å². The summed E-state index contributed by atoms with van der Waals surface area (Å²) in [5.41, 5.74) is 9.01. The molecule has 1 aromatic heterocycles. The topological polar surface area (TPSA) is 42.1 Å². The van der Waals surface area contributed by atoms with Gasteiger partial charge in [0.2, 0.25) is 0 Å². The Bertz CT molecular complexity index is 552. The van der Waals surface area contributed by atoms with Crippen LogP contribution in [0.4, 0.5) is 5.82 Å². The van der Waals surface area contributed by atoms with Gasteiger partial charge in [0, 0.05) is 36.4 Å². The van der Waals surface area contributed by atoms with Crippen molar-refractivity contribution in [1.29, 1.82) is 0 Å². The average Bonchev–Trinajstić information content (AvgIpc) is 2.41. The van der Waals surface area contributed by atoms with Crippen molar-refractivity contribution in [3.63, 3.8) is 0 Å². The first kappa shape index (κ1) is 13.8. The summed E-state index contributed by atoms with van der Waals surface area (Å²) in [5, 5.41) is 0.753. The van der Waals surface area contributed by atoms with Gasteiger partial charge < -0.3 is 10.6 Å². The number of rotatable bonds is 4. The first-order valence-corrected chi connectivity index (χ1v) is 6.60. The molecule has 1 heterocycles. The Balaban J connectivity index is 2.21. The third-order valence-electron chi connectivity index (χ3n) is 3.01. The lowest BCUT2D eigenvalue weighted by Crippen LogP contribution is -2.20. The number of hydrogen-bond acceptors (Lipinski definition) is 3. The molecule has 0 atom stereocenters. The van der Waals surface area contributed by atoms with Crippen LogP contribution in [0.25, 0.3) is 0 Å². The highest BCUT2D eigenvalue weighted by Gasteiger charge is 2.09. The fraction of sp³-hybridized carbons (Fsp3) is 0.267. The minimum atomic E-state index is 0.494. The van der Waals surface area contributed by atoms with Gasteiger partial charge in [0.25, 0.3) is 0 Å². The number of aryl methyl sites for hydroxylation is 1. The highest BCUT2D eigenvalue weighted by atomic mass is 35.5. The van der Waals surface area contributed by atoms with E-state index in [-0.39, 0.29) is 0 Å². The van der Waals surface area contributed by atoms with E-state index in [0.29, 0.717) is 6.54 Å². The second-order valence-corrected chi connectivity index (χ2v) is 5.06. The van der Waals surface area contributed by atoms with Crippen molar-refractivity contribution in [3.8, 4) is 0 Å². The Hall–Kier alpha value is -1.58. The Morgan fingerprint density at radius 1 is 1.16 bits per heavy atom. The number of aromatic nitrogens is 1. The minimum absolute atomic E-state index is 0.494. The molecule has 0 spiro atoms. The molecule has 0 radical (unpaired) electrons. The highest BCUT2D eigenvalue weighted by molar-refractivity contribution is 6.30. The molecular weight excluding hydrogens is 258 g/mol. The van der Waals surface area contributed by atoms with Gasteiger partial charge in [0.05, 0.1) is 0 Å². The van der Waals surface area contributed by atoms with Crippen LogP contribution in [0.1, 0.15) is 16.8 Å². The normalized spacial score (nSPS) is 10.5. The van der Waals surface area contributed by atoms with E-state index in [9.17, 15) is 0 Å². The lowest BCUT2D eigenvalue weighted by Gasteiger charge is -2.21. The van der Waals surface area contributed by atoms with Crippen LogP contribution < -0.4 is 10.6 Å². The zero-order valence-corrected chi connectivity index (χ0v) is 12.0. The molecular formula is C15H18ClN3. The first-order valence-electron chi connectivity index (χ1n) is 6.22. The maximum Gasteiger partial charge on any atom is 0.133 e. The number of nitrogens with two attached hydrogens (primary N) is 1. The Morgan fingerprint density at radius 3 is 2.47 bits per heavy atom. The summed E-state index contributed by atoms with van der Waals surface area (Å²) in [4.78, 5) is 6.69. The molecule has 0 aliphatic rings. The molecule has 4 heteroatoms. The van der Waals surface area contributed by atoms with Crippen molar-refractivity contribution >= 4 is 17.4 Å². The largest absolute Gasteiger partial charge is 0.355 e. The summed E-state index contributed by atoms with van der Waals surface area (Å²) in [7, 11) is 2.02. The molecule has 0 aliphatic carbocycles. The minimum Gasteiger partial charge on any atom is -0.355 e. The molecule has 100 valence electrons. The number of anilines is 1. The Kier molecular flexibility index (Phi) is 4.40. The van der Waals surface area contributed by atoms with Crippen LogP contribution in [-0.4, -0.2) is 12.0 Å². The van der Waals surface area contributed by atoms with E-state index in [1.165, 1.54) is 5.56 Å². The highest BCUT2D eigenvalue weighted by Crippen LogP contribution is 2.19. The van der Waals surface area contributed by atoms with Crippen LogP contribution in [0, 0.1) is 6.92 Å². The number of hydrogen-bond donors (Lipinski definition) is 1. The van der Waals surface area contributed by atoms with Gasteiger partial charge in [-0.1, -0.05) is 29.8 Å². The molecule has 0 saturated heterocycles. The molecule has 3 nitrogen and oxygen atoms in total. The maximum atomic E-state index is 5.89. The predicted octanol–water partition coefficient (Wildman–Crippen LogP) is 3.14. The third-order valence-corrected chi connectivity index (χ3v) is 3.26. The van der Waals surface area contributed by atoms with E-state index in [1.54, 1.807) is 0 Å². The second kappa shape index (κ2) is 6.04. The second-order valence-electron chi connectivity index (χ2n) is 4.62. The lowest BCUT2D eigenvalue weighted by molar-refractivity contribution is 0.870. The van der Waals surface area contributed by atoms with E-state index in [4.69, 9.17) is 17.3 Å². The van der Waals surface area contributed by atoms with Crippen molar-refractivity contribution in [2.24, 2.45) is 5.73 Å². The molecule has 0 amide bonds. The molecule has 2 aromatic rings. The summed E-state index contributed by atoms with van der Waals surface area (Å²) >= 11 is 5.89. The molecule has 0 bridgehead atoms. The van der Waals surface area contributed by atoms with Crippen molar-refractivity contribution in [3.05, 3.63) is 58.2 Å². The van der Waals surface area contributed by atoms with Crippen molar-refractivity contribution in [1.82, 2.24) is 4.98 Å². The lowest BCUT2D eigenvalue weighted by atomic mass is 10.2. The Morgan fingerprint density at radius 2 is 1.84 bits per heavy atom. The predicted molar refractivity (Wildman–Crippen MR) is 80.4 cm³/mol. The SMILES string of the molecule is Cc1ccc(CN)c(N(C)Cc2ccc(Cl)cc2)n1. The summed E-state index contributed by atoms with van der Waals surface area (Å²) in [6.45, 7) is 3.26. The van der Waals surface area contributed by atoms with Gasteiger partial charge in [-0.2, -0.15) is 0 Å². The fourth-order valence-electron chi connectivity index (χ4n) is 2.00. The number of nitrogens with zero attached hydrogens (tertiary/aromatic N) is 2. The summed E-state index contributed by atoms with van der Waals surface area (Å²) in [6, 6.07) is 11.9. The van der Waals surface area contributed by atoms with Gasteiger partial charge in [-0.15, -0.1) is 0 Å². The summed E-state index contributed by atoms with van der Waals surface area (Å²) in [6.07, 6.45) is 0. The first-order chi connectivity index (χ1) is 9.10. The molecule has 0 fully saturated rings. The van der Waals surface area contributed by atoms with Gasteiger partial charge in [0.1, 0.15) is 5.82 Å². The number of pyridine rings is 1. The molecule has 19 heavy (non-hydrogen) atoms. The fourth-order valence-corrected chi connectivity index (χ4v) is 2.13. The van der Waals surface area contributed by atoms with Crippen LogP contribution >= 0.6 is 11.6 Å². The number of benzene rings is 1. The molecule has 0 aliphatic heterocycles. The summed E-state index contributed by atoms with van der Waals surface area (Å²) in [5.74, 6) is 0.942. The zero-order valence-electron chi connectivity index (χ0n) is 11.2. The van der Waals surface area contributed by atoms with Crippen molar-refractivity contribution in [2.45, 2.75) is 20.0 Å². The Labute approximate surface area is 119 Å². The molecule has 2 rings (SSSR count). The number of halogens is 1. The molecule has 0 unspecified atom stereocenters. The summed E-state index contributed by atoms with van der Waals surface area (Å²) < 4.78 is 0. The van der Waals surface area contributed by atoms with E-state index in [0.717, 1.165) is 28.6 Å². The van der Waals surface area contributed by atoms with E-state index in [1.807, 2.05) is 50.4 Å². The van der Waals surface area contributed by atoms with E-state index >= 15 is 0 Å². The van der Waals surface area contributed by atoms with Gasteiger partial charge in [-0.25, -0.2) is 4.98 Å². The monoisotopic (exact) mass is 275 g/mol. The maximum absolute atomic E-state index is 5.89. The smallest absolute Gasteiger partial charge is 0.133 e.